The minimum Gasteiger partial charge on any atom is -0.268 e. The standard InChI is InChI=1S/C5H4BN3/c6-9-8-5-2-1-3-7-4-5/h1-4H. The van der Waals surface area contributed by atoms with Crippen molar-refractivity contribution in [1.82, 2.24) is 4.98 Å². The van der Waals surface area contributed by atoms with Crippen molar-refractivity contribution in [2.45, 2.75) is 0 Å². The van der Waals surface area contributed by atoms with Crippen LogP contribution in [-0.4, -0.2) is 13.0 Å². The summed E-state index contributed by atoms with van der Waals surface area (Å²) in [6.07, 6.45) is 3.24. The second kappa shape index (κ2) is 2.97. The second-order valence-electron chi connectivity index (χ2n) is 1.43. The number of aromatic nitrogens is 1. The Hall–Kier alpha value is -1.19. The van der Waals surface area contributed by atoms with E-state index in [1.54, 1.807) is 24.5 Å². The quantitative estimate of drug-likeness (QED) is 0.402. The zero-order chi connectivity index (χ0) is 6.53. The maximum absolute atomic E-state index is 4.79. The molecule has 9 heavy (non-hydrogen) atoms. The van der Waals surface area contributed by atoms with E-state index in [0.29, 0.717) is 5.69 Å². The molecule has 1 rings (SSSR count). The first-order chi connectivity index (χ1) is 4.43. The highest BCUT2D eigenvalue weighted by molar-refractivity contribution is 6.04. The van der Waals surface area contributed by atoms with Gasteiger partial charge in [0.1, 0.15) is 5.69 Å². The Morgan fingerprint density at radius 2 is 2.44 bits per heavy atom. The predicted molar refractivity (Wildman–Crippen MR) is 34.5 cm³/mol. The lowest BCUT2D eigenvalue weighted by Gasteiger charge is -1.85. The largest absolute Gasteiger partial charge is 0.293 e. The molecule has 2 radical (unpaired) electrons. The van der Waals surface area contributed by atoms with Gasteiger partial charge in [0.05, 0.1) is 6.20 Å². The first kappa shape index (κ1) is 5.94. The highest BCUT2D eigenvalue weighted by Gasteiger charge is 1.81. The highest BCUT2D eigenvalue weighted by Crippen LogP contribution is 2.06. The molecule has 1 aromatic rings. The van der Waals surface area contributed by atoms with E-state index in [2.05, 4.69) is 15.1 Å². The summed E-state index contributed by atoms with van der Waals surface area (Å²) in [7, 11) is 4.79. The summed E-state index contributed by atoms with van der Waals surface area (Å²) in [4.78, 5) is 3.79. The lowest BCUT2D eigenvalue weighted by molar-refractivity contribution is 1.25. The smallest absolute Gasteiger partial charge is 0.268 e. The molecular formula is C5H4BN3. The first-order valence-corrected chi connectivity index (χ1v) is 2.44. The molecule has 0 aliphatic carbocycles. The minimum absolute atomic E-state index is 0.667. The Bertz CT molecular complexity index is 197. The maximum atomic E-state index is 4.79. The van der Waals surface area contributed by atoms with Gasteiger partial charge in [0.25, 0.3) is 7.98 Å². The van der Waals surface area contributed by atoms with Crippen LogP contribution in [0.2, 0.25) is 0 Å². The summed E-state index contributed by atoms with van der Waals surface area (Å²) >= 11 is 0. The fourth-order valence-electron chi connectivity index (χ4n) is 0.480. The first-order valence-electron chi connectivity index (χ1n) is 2.44. The molecule has 0 atom stereocenters. The number of hydrogen-bond donors (Lipinski definition) is 0. The molecule has 0 N–H and O–H groups in total. The predicted octanol–water partition coefficient (Wildman–Crippen LogP) is 1.25. The fraction of sp³-hybridized carbons (Fsp3) is 0. The number of nitrogens with zero attached hydrogens (tertiary/aromatic N) is 3. The van der Waals surface area contributed by atoms with Crippen molar-refractivity contribution in [3.8, 4) is 0 Å². The number of hydrogen-bond acceptors (Lipinski definition) is 3. The molecule has 0 saturated heterocycles. The molecule has 1 heterocycles. The highest BCUT2D eigenvalue weighted by atomic mass is 15.0. The van der Waals surface area contributed by atoms with E-state index in [4.69, 9.17) is 7.98 Å². The van der Waals surface area contributed by atoms with E-state index in [0.717, 1.165) is 0 Å². The third kappa shape index (κ3) is 1.64. The van der Waals surface area contributed by atoms with Crippen molar-refractivity contribution in [1.29, 1.82) is 0 Å². The molecule has 4 heteroatoms. The van der Waals surface area contributed by atoms with E-state index in [-0.39, 0.29) is 0 Å². The number of rotatable bonds is 1. The molecule has 0 amide bonds. The van der Waals surface area contributed by atoms with Gasteiger partial charge in [0, 0.05) is 6.20 Å². The van der Waals surface area contributed by atoms with E-state index < -0.39 is 0 Å². The van der Waals surface area contributed by atoms with Crippen LogP contribution in [0, 0.1) is 0 Å². The molecular weight excluding hydrogens is 113 g/mol. The molecule has 0 fully saturated rings. The van der Waals surface area contributed by atoms with Gasteiger partial charge in [-0.2, -0.15) is 5.11 Å². The van der Waals surface area contributed by atoms with Crippen molar-refractivity contribution >= 4 is 13.7 Å². The van der Waals surface area contributed by atoms with Crippen molar-refractivity contribution in [2.24, 2.45) is 10.1 Å². The average Bonchev–Trinajstić information content (AvgIpc) is 1.91. The molecule has 0 spiro atoms. The van der Waals surface area contributed by atoms with E-state index >= 15 is 0 Å². The van der Waals surface area contributed by atoms with Crippen LogP contribution in [0.5, 0.6) is 0 Å². The molecule has 42 valence electrons. The van der Waals surface area contributed by atoms with Gasteiger partial charge in [0.2, 0.25) is 0 Å². The van der Waals surface area contributed by atoms with Crippen LogP contribution in [0.1, 0.15) is 0 Å². The zero-order valence-corrected chi connectivity index (χ0v) is 4.73. The summed E-state index contributed by atoms with van der Waals surface area (Å²) < 4.78 is 0. The van der Waals surface area contributed by atoms with Gasteiger partial charge in [0.15, 0.2) is 0 Å². The van der Waals surface area contributed by atoms with Crippen molar-refractivity contribution in [3.05, 3.63) is 24.5 Å². The molecule has 0 aliphatic rings. The Morgan fingerprint density at radius 1 is 1.56 bits per heavy atom. The summed E-state index contributed by atoms with van der Waals surface area (Å²) in [5.74, 6) is 0. The van der Waals surface area contributed by atoms with E-state index in [9.17, 15) is 0 Å². The molecule has 0 aliphatic heterocycles. The fourth-order valence-corrected chi connectivity index (χ4v) is 0.480. The van der Waals surface area contributed by atoms with Gasteiger partial charge < -0.3 is 0 Å². The van der Waals surface area contributed by atoms with Crippen molar-refractivity contribution in [3.63, 3.8) is 0 Å². The third-order valence-corrected chi connectivity index (χ3v) is 0.819. The minimum atomic E-state index is 0.667. The van der Waals surface area contributed by atoms with Gasteiger partial charge >= 0.3 is 0 Å². The summed E-state index contributed by atoms with van der Waals surface area (Å²) in [5, 5.41) is 6.64. The lowest BCUT2D eigenvalue weighted by Crippen LogP contribution is -1.65. The van der Waals surface area contributed by atoms with Gasteiger partial charge in [-0.05, 0) is 12.1 Å². The van der Waals surface area contributed by atoms with Crippen molar-refractivity contribution < 1.29 is 0 Å². The molecule has 0 unspecified atom stereocenters. The SMILES string of the molecule is [B]N=Nc1cccnc1. The maximum Gasteiger partial charge on any atom is 0.293 e. The normalized spacial score (nSPS) is 10.2. The van der Waals surface area contributed by atoms with Crippen molar-refractivity contribution in [2.75, 3.05) is 0 Å². The van der Waals surface area contributed by atoms with Gasteiger partial charge in [-0.25, -0.2) is 0 Å². The third-order valence-electron chi connectivity index (χ3n) is 0.819. The monoisotopic (exact) mass is 117 g/mol. The number of pyridine rings is 1. The van der Waals surface area contributed by atoms with Crippen LogP contribution in [-0.2, 0) is 0 Å². The van der Waals surface area contributed by atoms with Crippen LogP contribution < -0.4 is 0 Å². The molecule has 1 aromatic heterocycles. The molecule has 0 saturated carbocycles. The average molecular weight is 117 g/mol. The Morgan fingerprint density at radius 3 is 3.00 bits per heavy atom. The Balaban J connectivity index is 2.85. The molecule has 0 bridgehead atoms. The second-order valence-corrected chi connectivity index (χ2v) is 1.43. The van der Waals surface area contributed by atoms with Crippen LogP contribution in [0.15, 0.2) is 34.7 Å². The summed E-state index contributed by atoms with van der Waals surface area (Å²) in [5.41, 5.74) is 0.667. The summed E-state index contributed by atoms with van der Waals surface area (Å²) in [6.45, 7) is 0. The van der Waals surface area contributed by atoms with Gasteiger partial charge in [-0.3, -0.25) is 10.0 Å². The van der Waals surface area contributed by atoms with Crippen LogP contribution in [0.4, 0.5) is 5.69 Å². The summed E-state index contributed by atoms with van der Waals surface area (Å²) in [6, 6.07) is 3.54. The van der Waals surface area contributed by atoms with Crippen LogP contribution in [0.3, 0.4) is 0 Å². The van der Waals surface area contributed by atoms with Gasteiger partial charge in [-0.1, -0.05) is 0 Å². The topological polar surface area (TPSA) is 37.6 Å². The van der Waals surface area contributed by atoms with Gasteiger partial charge in [-0.15, -0.1) is 0 Å². The Kier molecular flexibility index (Phi) is 1.96. The Labute approximate surface area is 54.3 Å². The van der Waals surface area contributed by atoms with Crippen LogP contribution in [0.25, 0.3) is 0 Å². The molecule has 3 nitrogen and oxygen atoms in total. The van der Waals surface area contributed by atoms with Crippen LogP contribution >= 0.6 is 0 Å². The molecule has 0 aromatic carbocycles. The lowest BCUT2D eigenvalue weighted by atomic mass is 10.4. The van der Waals surface area contributed by atoms with E-state index in [1.807, 2.05) is 0 Å². The zero-order valence-electron chi connectivity index (χ0n) is 4.73. The van der Waals surface area contributed by atoms with E-state index in [1.165, 1.54) is 0 Å².